The van der Waals surface area contributed by atoms with Gasteiger partial charge in [0.2, 0.25) is 0 Å². The molecule has 3 aliphatic heterocycles. The Balaban J connectivity index is 1.15. The largest absolute Gasteiger partial charge is 0.492 e. The molecule has 748 valence electrons. The van der Waals surface area contributed by atoms with Gasteiger partial charge < -0.3 is 53.2 Å². The molecule has 0 aliphatic carbocycles. The molecule has 0 spiro atoms. The van der Waals surface area contributed by atoms with Crippen LogP contribution in [0.4, 0.5) is 11.6 Å². The number of rotatable bonds is 48. The lowest BCUT2D eigenvalue weighted by Gasteiger charge is -2.26. The van der Waals surface area contributed by atoms with E-state index in [2.05, 4.69) is 369 Å². The van der Waals surface area contributed by atoms with Crippen LogP contribution in [0.3, 0.4) is 0 Å². The first-order valence-corrected chi connectivity index (χ1v) is 57.4. The van der Waals surface area contributed by atoms with Crippen LogP contribution in [-0.4, -0.2) is 80.3 Å². The zero-order valence-electron chi connectivity index (χ0n) is 85.4. The summed E-state index contributed by atoms with van der Waals surface area (Å²) in [7, 11) is 0. The van der Waals surface area contributed by atoms with Crippen LogP contribution in [0.1, 0.15) is 191 Å². The summed E-state index contributed by atoms with van der Waals surface area (Å²) in [5.74, 6) is 8.74. The van der Waals surface area contributed by atoms with Crippen molar-refractivity contribution in [3.05, 3.63) is 276 Å². The molecule has 0 radical (unpaired) electrons. The molecule has 17 rings (SSSR count). The van der Waals surface area contributed by atoms with Gasteiger partial charge in [0.15, 0.2) is 23.7 Å². The van der Waals surface area contributed by atoms with Crippen LogP contribution in [-0.2, 0) is 0 Å². The fourth-order valence-corrected chi connectivity index (χ4v) is 25.2. The van der Waals surface area contributed by atoms with E-state index in [1.807, 2.05) is 0 Å². The maximum atomic E-state index is 7.88. The Labute approximate surface area is 884 Å². The van der Waals surface area contributed by atoms with Gasteiger partial charge in [-0.25, -0.2) is 25.0 Å². The first-order chi connectivity index (χ1) is 70.0. The fraction of sp³-hybridized carbons (Fsp3) is 0.342. The fourth-order valence-electron chi connectivity index (χ4n) is 16.5. The van der Waals surface area contributed by atoms with E-state index in [1.165, 1.54) is 0 Å². The second kappa shape index (κ2) is 50.2. The van der Waals surface area contributed by atoms with Crippen LogP contribution in [0.2, 0.25) is 0 Å². The third kappa shape index (κ3) is 25.9. The van der Waals surface area contributed by atoms with Gasteiger partial charge in [0, 0.05) is 39.2 Å². The summed E-state index contributed by atoms with van der Waals surface area (Å²) in [6.07, 6.45) is 4.77. The third-order valence-electron chi connectivity index (χ3n) is 24.3. The van der Waals surface area contributed by atoms with Crippen LogP contribution in [0.25, 0.3) is 21.5 Å². The molecule has 3 N–H and O–H groups in total. The van der Waals surface area contributed by atoms with Gasteiger partial charge in [-0.15, -0.1) is 0 Å². The number of aliphatic imine (C=N–C) groups is 3. The molecule has 1 atom stereocenters. The number of amidine groups is 3. The number of hydrogen-bond donors (Lipinski definition) is 3. The number of hydrogen-bond acceptors (Lipinski definition) is 22. The van der Waals surface area contributed by atoms with Crippen molar-refractivity contribution >= 4 is 145 Å². The molecule has 8 bridgehead atoms. The second-order valence-corrected chi connectivity index (χ2v) is 48.3. The molecule has 1 unspecified atom stereocenters. The summed E-state index contributed by atoms with van der Waals surface area (Å²) < 4.78 is 62.9. The average Bonchev–Trinajstić information content (AvgIpc) is 1.55. The predicted molar refractivity (Wildman–Crippen MR) is 602 cm³/mol. The van der Waals surface area contributed by atoms with Gasteiger partial charge in [0.25, 0.3) is 0 Å². The maximum absolute atomic E-state index is 7.88. The van der Waals surface area contributed by atoms with E-state index in [0.29, 0.717) is 183 Å². The van der Waals surface area contributed by atoms with Crippen molar-refractivity contribution in [3.63, 3.8) is 0 Å². The van der Waals surface area contributed by atoms with E-state index < -0.39 is 6.17 Å². The molecule has 2 aromatic heterocycles. The Morgan fingerprint density at radius 3 is 0.729 bits per heavy atom. The van der Waals surface area contributed by atoms with E-state index in [9.17, 15) is 0 Å². The van der Waals surface area contributed by atoms with Crippen LogP contribution < -0.4 is 54.2 Å². The third-order valence-corrected chi connectivity index (χ3v) is 33.7. The number of aromatic amines is 2. The standard InChI is InChI=1S/C120H132N8O8S8/c1-73(2)57-65-129-97-89-90(98(130-66-58-74(3)4)106(138-82-43-27-18-28-44-82)105(97)137-81-41-25-17-26-42-81)114-121-113(89)125-115-91-92(100(132-68-60-76(7)8)108(140-84-47-31-20-32-48-84)107(99(91)131-67-59-75(5)6)139-83-45-29-19-30-46-83)117(122-115)127-119-95-96(104(136-72-64-80(15)16)112(144-88-55-39-24-40-56-88)111(103(95)135-71-63-79(13)14)143-87-53-37-23-38-54-87)120(124-119)128-118-94-93(116(123-118)126-114)101(133-69-61-77(9)10)109(141-85-49-33-21-34-50-85)110(102(94)134-70-62-78(11)12)142-86-51-35-22-36-52-86/h17-56,73-80,113,122,125H,57-72H2,1-16H3,(H,121,123,124,126,127,128). The molecule has 3 aliphatic rings. The molecular formula is C120H132N8O8S8. The Bertz CT molecular complexity index is 6950. The zero-order valence-corrected chi connectivity index (χ0v) is 91.9. The lowest BCUT2D eigenvalue weighted by atomic mass is 10.0. The molecule has 24 heteroatoms. The van der Waals surface area contributed by atoms with Crippen LogP contribution in [0, 0.1) is 47.3 Å². The number of ether oxygens (including phenoxy) is 8. The van der Waals surface area contributed by atoms with Crippen molar-refractivity contribution in [2.45, 2.75) is 247 Å². The molecule has 0 amide bonds. The van der Waals surface area contributed by atoms with Crippen molar-refractivity contribution in [2.75, 3.05) is 58.2 Å². The number of H-pyrrole nitrogens is 2. The van der Waals surface area contributed by atoms with Gasteiger partial charge >= 0.3 is 0 Å². The molecule has 14 aromatic rings. The summed E-state index contributed by atoms with van der Waals surface area (Å²) in [5, 5.41) is 6.92. The Kier molecular flexibility index (Phi) is 36.5. The van der Waals surface area contributed by atoms with Gasteiger partial charge in [0.05, 0.1) is 136 Å². The summed E-state index contributed by atoms with van der Waals surface area (Å²) in [5.41, 5.74) is 3.32. The summed E-state index contributed by atoms with van der Waals surface area (Å²) in [6.45, 7) is 38.8. The number of nitrogens with one attached hydrogen (secondary N) is 3. The topological polar surface area (TPSA) is 179 Å². The number of aromatic nitrogens is 2. The van der Waals surface area contributed by atoms with E-state index >= 15 is 0 Å². The predicted octanol–water partition coefficient (Wildman–Crippen LogP) is 33.9. The lowest BCUT2D eigenvalue weighted by Crippen LogP contribution is -2.17. The van der Waals surface area contributed by atoms with E-state index in [0.717, 1.165) is 130 Å². The minimum Gasteiger partial charge on any atom is -0.492 e. The molecule has 0 saturated carbocycles. The molecular weight excluding hydrogens is 1940 g/mol. The van der Waals surface area contributed by atoms with Gasteiger partial charge in [-0.3, -0.25) is 0 Å². The van der Waals surface area contributed by atoms with Crippen molar-refractivity contribution in [3.8, 4) is 46.0 Å². The van der Waals surface area contributed by atoms with Crippen LogP contribution in [0.5, 0.6) is 46.0 Å². The van der Waals surface area contributed by atoms with E-state index in [-0.39, 0.29) is 47.3 Å². The average molecular weight is 2070 g/mol. The molecule has 5 heterocycles. The van der Waals surface area contributed by atoms with Gasteiger partial charge in [-0.1, -0.05) is 350 Å². The van der Waals surface area contributed by atoms with E-state index in [1.54, 1.807) is 94.1 Å². The number of anilines is 1. The first kappa shape index (κ1) is 105. The molecule has 12 aromatic carbocycles. The Morgan fingerprint density at radius 1 is 0.229 bits per heavy atom. The minimum absolute atomic E-state index is 0.253. The number of nitrogens with zero attached hydrogens (tertiary/aromatic N) is 5. The SMILES string of the molecule is CC(C)CCOc1c(Sc2ccccc2)c(Sc2ccccc2)c(OCCC(C)C)c2c1C1=NC2=Nc2[nH]c(c3c(OCCC(C)C)c(Sc4ccccc4)c(Sc4ccccc4)c(OCCC(C)C)c23)NC2N=C(N=c3[nH]c(c4c(OCCC(C)C)c(Sc5ccccc5)c(Sc5ccccc5)c(OCCC(C)C)c34)=N1)c1c(OCCC(C)C)c(Sc3ccccc3)c(Sc3ccccc3)c(OCCC(C)C)c12. The van der Waals surface area contributed by atoms with Gasteiger partial charge in [-0.2, -0.15) is 0 Å². The highest BCUT2D eigenvalue weighted by Gasteiger charge is 2.44. The summed E-state index contributed by atoms with van der Waals surface area (Å²) in [4.78, 5) is 54.7. The van der Waals surface area contributed by atoms with Gasteiger partial charge in [-0.05, 0) is 196 Å². The smallest absolute Gasteiger partial charge is 0.168 e. The Hall–Kier alpha value is -10.7. The van der Waals surface area contributed by atoms with Gasteiger partial charge in [0.1, 0.15) is 68.6 Å². The maximum Gasteiger partial charge on any atom is 0.168 e. The molecule has 0 saturated heterocycles. The summed E-state index contributed by atoms with van der Waals surface area (Å²) >= 11 is 13.2. The van der Waals surface area contributed by atoms with Crippen molar-refractivity contribution in [2.24, 2.45) is 72.3 Å². The second-order valence-electron chi connectivity index (χ2n) is 39.6. The lowest BCUT2D eigenvalue weighted by molar-refractivity contribution is 0.267. The highest BCUT2D eigenvalue weighted by molar-refractivity contribution is 8.04. The minimum atomic E-state index is -1.06. The Morgan fingerprint density at radius 2 is 0.451 bits per heavy atom. The number of fused-ring (bicyclic) bond motifs is 18. The highest BCUT2D eigenvalue weighted by atomic mass is 32.2. The normalized spacial score (nSPS) is 13.3. The first-order valence-electron chi connectivity index (χ1n) is 50.8. The number of benzene rings is 12. The van der Waals surface area contributed by atoms with E-state index in [4.69, 9.17) is 62.9 Å². The zero-order chi connectivity index (χ0) is 100. The van der Waals surface area contributed by atoms with Crippen molar-refractivity contribution in [1.29, 1.82) is 0 Å². The van der Waals surface area contributed by atoms with Crippen LogP contribution in [0.15, 0.2) is 346 Å². The monoisotopic (exact) mass is 2070 g/mol. The summed E-state index contributed by atoms with van der Waals surface area (Å²) in [6, 6.07) is 84.9. The quantitative estimate of drug-likeness (QED) is 0.0327. The highest BCUT2D eigenvalue weighted by Crippen LogP contribution is 2.63. The molecule has 0 fully saturated rings. The molecule has 16 nitrogen and oxygen atoms in total. The van der Waals surface area contributed by atoms with Crippen LogP contribution >= 0.6 is 94.1 Å². The van der Waals surface area contributed by atoms with Crippen molar-refractivity contribution < 1.29 is 37.9 Å². The van der Waals surface area contributed by atoms with Crippen molar-refractivity contribution in [1.82, 2.24) is 9.97 Å². The molecule has 144 heavy (non-hydrogen) atoms.